The van der Waals surface area contributed by atoms with Gasteiger partial charge in [-0.3, -0.25) is 4.90 Å². The Labute approximate surface area is 201 Å². The van der Waals surface area contributed by atoms with Crippen LogP contribution in [0.15, 0.2) is 43.2 Å². The van der Waals surface area contributed by atoms with Gasteiger partial charge in [0, 0.05) is 31.3 Å². The quantitative estimate of drug-likeness (QED) is 0.482. The zero-order chi connectivity index (χ0) is 24.2. The molecule has 1 aliphatic heterocycles. The van der Waals surface area contributed by atoms with Gasteiger partial charge in [-0.05, 0) is 69.0 Å². The van der Waals surface area contributed by atoms with E-state index in [4.69, 9.17) is 4.74 Å². The van der Waals surface area contributed by atoms with Crippen LogP contribution in [0.3, 0.4) is 0 Å². The van der Waals surface area contributed by atoms with E-state index in [-0.39, 0.29) is 11.2 Å². The van der Waals surface area contributed by atoms with Crippen molar-refractivity contribution in [2.45, 2.75) is 64.0 Å². The van der Waals surface area contributed by atoms with Crippen molar-refractivity contribution in [2.75, 3.05) is 31.6 Å². The van der Waals surface area contributed by atoms with Crippen LogP contribution in [0.25, 0.3) is 0 Å². The maximum Gasteiger partial charge on any atom is 0.222 e. The first-order valence-electron chi connectivity index (χ1n) is 12.4. The van der Waals surface area contributed by atoms with Gasteiger partial charge < -0.3 is 10.1 Å². The number of anilines is 1. The molecule has 5 nitrogen and oxygen atoms in total. The van der Waals surface area contributed by atoms with Crippen molar-refractivity contribution in [3.63, 3.8) is 0 Å². The standard InChI is InChI=1S/C27H36F2N4O/c1-4-14-34-27(5-2,23-7-6-20(3)15-24(23)29)19-33-13-12-26(18-33)10-8-22(9-11-26)32-25-30-16-21(28)17-31-25/h5-7,15-17,22H,2,4,8-14,18-19H2,1,3H3,(H,30,31,32). The summed E-state index contributed by atoms with van der Waals surface area (Å²) in [6, 6.07) is 5.67. The Balaban J connectivity index is 1.41. The first-order chi connectivity index (χ1) is 16.4. The number of aromatic nitrogens is 2. The molecule has 0 radical (unpaired) electrons. The third kappa shape index (κ3) is 5.47. The van der Waals surface area contributed by atoms with E-state index in [2.05, 4.69) is 33.7 Å². The third-order valence-corrected chi connectivity index (χ3v) is 7.45. The summed E-state index contributed by atoms with van der Waals surface area (Å²) in [5.74, 6) is -0.179. The molecule has 7 heteroatoms. The van der Waals surface area contributed by atoms with E-state index in [1.807, 2.05) is 19.1 Å². The maximum absolute atomic E-state index is 15.0. The number of likely N-dealkylation sites (tertiary alicyclic amines) is 1. The number of hydrogen-bond donors (Lipinski definition) is 1. The van der Waals surface area contributed by atoms with Crippen LogP contribution in [0.2, 0.25) is 0 Å². The zero-order valence-electron chi connectivity index (χ0n) is 20.3. The Morgan fingerprint density at radius 3 is 2.62 bits per heavy atom. The fourth-order valence-electron chi connectivity index (χ4n) is 5.54. The predicted molar refractivity (Wildman–Crippen MR) is 131 cm³/mol. The van der Waals surface area contributed by atoms with Crippen LogP contribution in [0, 0.1) is 24.0 Å². The Bertz CT molecular complexity index is 975. The molecule has 1 atom stereocenters. The molecule has 0 amide bonds. The van der Waals surface area contributed by atoms with Gasteiger partial charge in [-0.15, -0.1) is 0 Å². The van der Waals surface area contributed by atoms with Crippen molar-refractivity contribution in [1.29, 1.82) is 0 Å². The fraction of sp³-hybridized carbons (Fsp3) is 0.556. The lowest BCUT2D eigenvalue weighted by Crippen LogP contribution is -2.43. The van der Waals surface area contributed by atoms with Crippen LogP contribution >= 0.6 is 0 Å². The summed E-state index contributed by atoms with van der Waals surface area (Å²) in [7, 11) is 0. The normalized spacial score (nSPS) is 24.8. The average molecular weight is 471 g/mol. The van der Waals surface area contributed by atoms with E-state index in [1.165, 1.54) is 12.4 Å². The van der Waals surface area contributed by atoms with Crippen molar-refractivity contribution < 1.29 is 13.5 Å². The summed E-state index contributed by atoms with van der Waals surface area (Å²) >= 11 is 0. The van der Waals surface area contributed by atoms with Gasteiger partial charge in [0.25, 0.3) is 0 Å². The van der Waals surface area contributed by atoms with Gasteiger partial charge >= 0.3 is 0 Å². The molecule has 1 saturated carbocycles. The summed E-state index contributed by atoms with van der Waals surface area (Å²) in [5.41, 5.74) is 0.865. The summed E-state index contributed by atoms with van der Waals surface area (Å²) < 4.78 is 34.4. The minimum Gasteiger partial charge on any atom is -0.365 e. The Kier molecular flexibility index (Phi) is 7.63. The molecule has 2 aliphatic rings. The fourth-order valence-corrected chi connectivity index (χ4v) is 5.54. The number of ether oxygens (including phenoxy) is 1. The zero-order valence-corrected chi connectivity index (χ0v) is 20.3. The second-order valence-electron chi connectivity index (χ2n) is 10.0. The van der Waals surface area contributed by atoms with Gasteiger partial charge in [0.2, 0.25) is 5.95 Å². The Morgan fingerprint density at radius 1 is 1.24 bits per heavy atom. The topological polar surface area (TPSA) is 50.3 Å². The Hall–Kier alpha value is -2.38. The lowest BCUT2D eigenvalue weighted by molar-refractivity contribution is -0.0364. The van der Waals surface area contributed by atoms with Gasteiger partial charge in [0.1, 0.15) is 11.4 Å². The van der Waals surface area contributed by atoms with Gasteiger partial charge in [-0.25, -0.2) is 18.7 Å². The summed E-state index contributed by atoms with van der Waals surface area (Å²) in [5, 5.41) is 3.35. The molecule has 1 aliphatic carbocycles. The van der Waals surface area contributed by atoms with Gasteiger partial charge in [0.05, 0.1) is 12.4 Å². The van der Waals surface area contributed by atoms with Crippen molar-refractivity contribution in [1.82, 2.24) is 14.9 Å². The average Bonchev–Trinajstić information content (AvgIpc) is 3.22. The Morgan fingerprint density at radius 2 is 1.97 bits per heavy atom. The summed E-state index contributed by atoms with van der Waals surface area (Å²) in [6.45, 7) is 11.1. The first kappa shape index (κ1) is 24.7. The van der Waals surface area contributed by atoms with Crippen LogP contribution in [0.1, 0.15) is 56.6 Å². The summed E-state index contributed by atoms with van der Waals surface area (Å²) in [6.07, 6.45) is 10.4. The van der Waals surface area contributed by atoms with E-state index in [0.717, 1.165) is 57.2 Å². The van der Waals surface area contributed by atoms with E-state index >= 15 is 4.39 Å². The molecule has 4 rings (SSSR count). The maximum atomic E-state index is 15.0. The first-order valence-corrected chi connectivity index (χ1v) is 12.4. The van der Waals surface area contributed by atoms with Crippen molar-refractivity contribution >= 4 is 5.95 Å². The number of aryl methyl sites for hydroxylation is 1. The van der Waals surface area contributed by atoms with Crippen LogP contribution in [0.4, 0.5) is 14.7 Å². The minimum absolute atomic E-state index is 0.237. The van der Waals surface area contributed by atoms with Crippen LogP contribution in [0.5, 0.6) is 0 Å². The highest BCUT2D eigenvalue weighted by Crippen LogP contribution is 2.45. The lowest BCUT2D eigenvalue weighted by Gasteiger charge is -2.39. The highest BCUT2D eigenvalue weighted by atomic mass is 19.1. The number of nitrogens with zero attached hydrogens (tertiary/aromatic N) is 3. The molecule has 1 aromatic heterocycles. The molecular weight excluding hydrogens is 434 g/mol. The summed E-state index contributed by atoms with van der Waals surface area (Å²) in [4.78, 5) is 10.5. The second kappa shape index (κ2) is 10.5. The van der Waals surface area contributed by atoms with E-state index < -0.39 is 11.4 Å². The predicted octanol–water partition coefficient (Wildman–Crippen LogP) is 5.62. The number of halogens is 2. The smallest absolute Gasteiger partial charge is 0.222 e. The molecule has 0 bridgehead atoms. The molecule has 1 spiro atoms. The molecule has 2 heterocycles. The molecule has 1 saturated heterocycles. The van der Waals surface area contributed by atoms with Crippen LogP contribution in [-0.4, -0.2) is 47.2 Å². The molecule has 1 unspecified atom stereocenters. The molecule has 2 fully saturated rings. The van der Waals surface area contributed by atoms with Crippen molar-refractivity contribution in [3.8, 4) is 0 Å². The molecule has 2 aromatic rings. The monoisotopic (exact) mass is 470 g/mol. The molecular formula is C27H36F2N4O. The molecule has 1 aromatic carbocycles. The van der Waals surface area contributed by atoms with Crippen LogP contribution in [-0.2, 0) is 10.3 Å². The van der Waals surface area contributed by atoms with E-state index in [1.54, 1.807) is 12.1 Å². The van der Waals surface area contributed by atoms with E-state index in [0.29, 0.717) is 30.7 Å². The van der Waals surface area contributed by atoms with Crippen molar-refractivity contribution in [3.05, 3.63) is 66.0 Å². The van der Waals surface area contributed by atoms with Crippen LogP contribution < -0.4 is 5.32 Å². The lowest BCUT2D eigenvalue weighted by atomic mass is 9.72. The van der Waals surface area contributed by atoms with E-state index in [9.17, 15) is 4.39 Å². The minimum atomic E-state index is -0.863. The third-order valence-electron chi connectivity index (χ3n) is 7.45. The van der Waals surface area contributed by atoms with Crippen molar-refractivity contribution in [2.24, 2.45) is 5.41 Å². The molecule has 1 N–H and O–H groups in total. The molecule has 184 valence electrons. The number of nitrogens with one attached hydrogen (secondary N) is 1. The van der Waals surface area contributed by atoms with Gasteiger partial charge in [0.15, 0.2) is 5.82 Å². The van der Waals surface area contributed by atoms with Gasteiger partial charge in [-0.2, -0.15) is 0 Å². The molecule has 34 heavy (non-hydrogen) atoms. The highest BCUT2D eigenvalue weighted by molar-refractivity contribution is 5.33. The number of rotatable bonds is 9. The van der Waals surface area contributed by atoms with Gasteiger partial charge in [-0.1, -0.05) is 31.7 Å². The largest absolute Gasteiger partial charge is 0.365 e. The number of hydrogen-bond acceptors (Lipinski definition) is 5. The SMILES string of the molecule is C=CC(CN1CCC2(CCC(Nc3ncc(F)cn3)CC2)C1)(OCCC)c1ccc(C)cc1F. The number of benzene rings is 1. The second-order valence-corrected chi connectivity index (χ2v) is 10.0. The highest BCUT2D eigenvalue weighted by Gasteiger charge is 2.44.